The lowest BCUT2D eigenvalue weighted by Gasteiger charge is -2.43. The molecule has 0 heterocycles. The zero-order chi connectivity index (χ0) is 48.2. The van der Waals surface area contributed by atoms with Gasteiger partial charge in [-0.2, -0.15) is 0 Å². The minimum Gasteiger partial charge on any atom is -0.462 e. The molecule has 0 spiro atoms. The van der Waals surface area contributed by atoms with Crippen LogP contribution in [0.2, 0.25) is 0 Å². The number of allylic oxidation sites excluding steroid dienone is 6. The molecule has 1 rings (SSSR count). The predicted molar refractivity (Wildman–Crippen MR) is 250 cm³/mol. The van der Waals surface area contributed by atoms with Crippen molar-refractivity contribution in [1.82, 2.24) is 0 Å². The minimum absolute atomic E-state index is 0.0364. The van der Waals surface area contributed by atoms with Crippen molar-refractivity contribution in [2.75, 3.05) is 13.2 Å². The topological polar surface area (TPSA) is 256 Å². The lowest BCUT2D eigenvalue weighted by molar-refractivity contribution is -0.216. The number of rotatable bonds is 41. The molecule has 1 fully saturated rings. The van der Waals surface area contributed by atoms with Gasteiger partial charge in [0, 0.05) is 12.8 Å². The van der Waals surface area contributed by atoms with Crippen LogP contribution in [0.3, 0.4) is 0 Å². The Morgan fingerprint density at radius 1 is 0.492 bits per heavy atom. The van der Waals surface area contributed by atoms with Gasteiger partial charge >= 0.3 is 27.6 Å². The molecule has 7 N–H and O–H groups in total. The van der Waals surface area contributed by atoms with E-state index in [1.807, 2.05) is 0 Å². The van der Waals surface area contributed by atoms with Crippen molar-refractivity contribution in [3.63, 3.8) is 0 Å². The molecule has 0 aromatic heterocycles. The molecule has 1 aliphatic carbocycles. The monoisotopic (exact) mass is 969 g/mol. The van der Waals surface area contributed by atoms with Crippen molar-refractivity contribution >= 4 is 27.6 Å². The van der Waals surface area contributed by atoms with Crippen LogP contribution < -0.4 is 0 Å². The SMILES string of the molecule is CCCCCC=CCC=CCCCCCCCC(=O)OCC(COP(=O)(O)OC1C(O)C(O)C(O)C(OP(=O)(O)O)C1O)OC(=O)CCCCCCCCCC=CCCCCCCCC. The van der Waals surface area contributed by atoms with Gasteiger partial charge in [0.25, 0.3) is 0 Å². The summed E-state index contributed by atoms with van der Waals surface area (Å²) in [6.07, 6.45) is 26.6. The zero-order valence-electron chi connectivity index (χ0n) is 39.4. The quantitative estimate of drug-likeness (QED) is 0.0130. The van der Waals surface area contributed by atoms with Crippen LogP contribution in [0.15, 0.2) is 36.5 Å². The number of aliphatic hydroxyl groups excluding tert-OH is 4. The highest BCUT2D eigenvalue weighted by molar-refractivity contribution is 7.47. The Bertz CT molecular complexity index is 1400. The van der Waals surface area contributed by atoms with Crippen molar-refractivity contribution < 1.29 is 76.9 Å². The van der Waals surface area contributed by atoms with Crippen LogP contribution in [0.25, 0.3) is 0 Å². The summed E-state index contributed by atoms with van der Waals surface area (Å²) in [4.78, 5) is 54.3. The van der Waals surface area contributed by atoms with Gasteiger partial charge in [0.15, 0.2) is 6.10 Å². The van der Waals surface area contributed by atoms with Crippen molar-refractivity contribution in [1.29, 1.82) is 0 Å². The van der Waals surface area contributed by atoms with Crippen LogP contribution in [0.4, 0.5) is 0 Å². The molecule has 0 saturated heterocycles. The van der Waals surface area contributed by atoms with E-state index < -0.39 is 83.5 Å². The number of ether oxygens (including phenoxy) is 2. The highest BCUT2D eigenvalue weighted by Crippen LogP contribution is 2.49. The Morgan fingerprint density at radius 3 is 1.38 bits per heavy atom. The van der Waals surface area contributed by atoms with Gasteiger partial charge in [0.2, 0.25) is 0 Å². The zero-order valence-corrected chi connectivity index (χ0v) is 41.2. The summed E-state index contributed by atoms with van der Waals surface area (Å²) in [6, 6.07) is 0. The third-order valence-corrected chi connectivity index (χ3v) is 12.7. The Labute approximate surface area is 389 Å². The highest BCUT2D eigenvalue weighted by atomic mass is 31.2. The smallest absolute Gasteiger partial charge is 0.462 e. The molecule has 0 aliphatic heterocycles. The normalized spacial score (nSPS) is 21.9. The lowest BCUT2D eigenvalue weighted by Crippen LogP contribution is -2.64. The van der Waals surface area contributed by atoms with Gasteiger partial charge in [-0.25, -0.2) is 9.13 Å². The van der Waals surface area contributed by atoms with Crippen LogP contribution in [0, 0.1) is 0 Å². The molecule has 1 saturated carbocycles. The summed E-state index contributed by atoms with van der Waals surface area (Å²) in [5.74, 6) is -1.22. The standard InChI is InChI=1S/C47H86O16P2/c1-3-5-7-9-11-13-15-17-19-20-22-24-26-28-30-32-34-36-41(49)61-39(37-59-40(48)35-33-31-29-27-25-23-21-18-16-14-12-10-8-6-4-2)38-60-65(57,58)63-47-44(52)42(50)43(51)46(45(47)53)62-64(54,55)56/h12,14,17-19,21,39,42-47,50-53H,3-11,13,15-16,20,22-38H2,1-2H3,(H,57,58)(H2,54,55,56). The van der Waals surface area contributed by atoms with Crippen LogP contribution in [0.5, 0.6) is 0 Å². The average Bonchev–Trinajstić information content (AvgIpc) is 3.26. The number of hydrogen-bond donors (Lipinski definition) is 7. The van der Waals surface area contributed by atoms with Crippen LogP contribution >= 0.6 is 15.6 Å². The second-order valence-corrected chi connectivity index (χ2v) is 19.8. The summed E-state index contributed by atoms with van der Waals surface area (Å²) in [6.45, 7) is 3.07. The molecule has 16 nitrogen and oxygen atoms in total. The van der Waals surface area contributed by atoms with E-state index >= 15 is 0 Å². The summed E-state index contributed by atoms with van der Waals surface area (Å²) in [7, 11) is -10.7. The van der Waals surface area contributed by atoms with E-state index in [1.165, 1.54) is 57.8 Å². The van der Waals surface area contributed by atoms with Crippen LogP contribution in [0.1, 0.15) is 194 Å². The molecule has 0 aromatic rings. The number of hydrogen-bond acceptors (Lipinski definition) is 13. The fraction of sp³-hybridized carbons (Fsp3) is 0.830. The number of phosphoric acid groups is 2. The first-order valence-electron chi connectivity index (χ1n) is 24.5. The molecule has 0 aromatic carbocycles. The first-order chi connectivity index (χ1) is 31.1. The number of esters is 2. The summed E-state index contributed by atoms with van der Waals surface area (Å²) >= 11 is 0. The number of carbonyl (C=O) groups excluding carboxylic acids is 2. The number of aliphatic hydroxyl groups is 4. The fourth-order valence-corrected chi connectivity index (χ4v) is 8.88. The average molecular weight is 969 g/mol. The van der Waals surface area contributed by atoms with Gasteiger partial charge < -0.3 is 44.6 Å². The minimum atomic E-state index is -5.37. The second-order valence-electron chi connectivity index (χ2n) is 17.2. The second kappa shape index (κ2) is 38.1. The van der Waals surface area contributed by atoms with Gasteiger partial charge in [-0.3, -0.25) is 23.2 Å². The molecular weight excluding hydrogens is 882 g/mol. The van der Waals surface area contributed by atoms with Gasteiger partial charge in [-0.15, -0.1) is 0 Å². The van der Waals surface area contributed by atoms with E-state index in [2.05, 4.69) is 54.8 Å². The molecule has 0 radical (unpaired) electrons. The molecular formula is C47H86O16P2. The molecule has 0 amide bonds. The molecule has 1 aliphatic rings. The maximum atomic E-state index is 13.0. The maximum Gasteiger partial charge on any atom is 0.472 e. The van der Waals surface area contributed by atoms with Gasteiger partial charge in [-0.05, 0) is 70.6 Å². The van der Waals surface area contributed by atoms with Crippen molar-refractivity contribution in [2.45, 2.75) is 236 Å². The summed E-state index contributed by atoms with van der Waals surface area (Å²) in [5, 5.41) is 41.3. The van der Waals surface area contributed by atoms with Crippen LogP contribution in [-0.2, 0) is 41.8 Å². The Balaban J connectivity index is 2.58. The third kappa shape index (κ3) is 32.6. The first kappa shape index (κ1) is 61.2. The Morgan fingerprint density at radius 2 is 0.892 bits per heavy atom. The van der Waals surface area contributed by atoms with E-state index in [0.29, 0.717) is 12.8 Å². The van der Waals surface area contributed by atoms with E-state index in [1.54, 1.807) is 0 Å². The van der Waals surface area contributed by atoms with Crippen molar-refractivity contribution in [3.05, 3.63) is 36.5 Å². The lowest BCUT2D eigenvalue weighted by atomic mass is 9.85. The van der Waals surface area contributed by atoms with Gasteiger partial charge in [-0.1, -0.05) is 147 Å². The van der Waals surface area contributed by atoms with E-state index in [4.69, 9.17) is 18.5 Å². The maximum absolute atomic E-state index is 13.0. The molecule has 8 atom stereocenters. The number of carbonyl (C=O) groups is 2. The molecule has 8 unspecified atom stereocenters. The third-order valence-electron chi connectivity index (χ3n) is 11.2. The van der Waals surface area contributed by atoms with E-state index in [-0.39, 0.29) is 12.8 Å². The fourth-order valence-electron chi connectivity index (χ4n) is 7.34. The highest BCUT2D eigenvalue weighted by Gasteiger charge is 2.54. The summed E-state index contributed by atoms with van der Waals surface area (Å²) < 4.78 is 49.4. The molecule has 380 valence electrons. The number of unbranched alkanes of at least 4 members (excludes halogenated alkanes) is 21. The van der Waals surface area contributed by atoms with Crippen molar-refractivity contribution in [2.24, 2.45) is 0 Å². The Kier molecular flexibility index (Phi) is 35.9. The van der Waals surface area contributed by atoms with Crippen molar-refractivity contribution in [3.8, 4) is 0 Å². The van der Waals surface area contributed by atoms with Gasteiger partial charge in [0.05, 0.1) is 6.61 Å². The molecule has 65 heavy (non-hydrogen) atoms. The van der Waals surface area contributed by atoms with Crippen LogP contribution in [-0.4, -0.2) is 103 Å². The Hall–Kier alpha value is -1.78. The largest absolute Gasteiger partial charge is 0.472 e. The molecule has 18 heteroatoms. The van der Waals surface area contributed by atoms with Gasteiger partial charge in [0.1, 0.15) is 43.2 Å². The van der Waals surface area contributed by atoms with E-state index in [9.17, 15) is 53.8 Å². The number of phosphoric ester groups is 2. The summed E-state index contributed by atoms with van der Waals surface area (Å²) in [5.41, 5.74) is 0. The molecule has 0 bridgehead atoms. The first-order valence-corrected chi connectivity index (χ1v) is 27.6. The predicted octanol–water partition coefficient (Wildman–Crippen LogP) is 9.51. The van der Waals surface area contributed by atoms with E-state index in [0.717, 1.165) is 96.3 Å².